The number of sulfone groups is 1. The van der Waals surface area contributed by atoms with Gasteiger partial charge in [0, 0.05) is 24.3 Å². The van der Waals surface area contributed by atoms with Crippen molar-refractivity contribution in [3.8, 4) is 5.69 Å². The number of pyridine rings is 1. The number of aryl methyl sites for hydroxylation is 1. The van der Waals surface area contributed by atoms with Crippen LogP contribution in [0.3, 0.4) is 0 Å². The van der Waals surface area contributed by atoms with Crippen molar-refractivity contribution in [1.29, 1.82) is 0 Å². The van der Waals surface area contributed by atoms with Crippen LogP contribution in [0.5, 0.6) is 0 Å². The minimum Gasteiger partial charge on any atom is -0.329 e. The van der Waals surface area contributed by atoms with Crippen molar-refractivity contribution in [2.75, 3.05) is 0 Å². The number of hydrogen-bond donors (Lipinski definition) is 1. The van der Waals surface area contributed by atoms with Crippen molar-refractivity contribution in [2.24, 2.45) is 0 Å². The van der Waals surface area contributed by atoms with E-state index in [1.54, 1.807) is 6.20 Å². The van der Waals surface area contributed by atoms with E-state index in [-0.39, 0.29) is 10.9 Å². The fraction of sp³-hybridized carbons (Fsp3) is 0.158. The highest BCUT2D eigenvalue weighted by molar-refractivity contribution is 7.90. The lowest BCUT2D eigenvalue weighted by molar-refractivity contribution is 0.587. The zero-order valence-electron chi connectivity index (χ0n) is 14.5. The first kappa shape index (κ1) is 16.5. The van der Waals surface area contributed by atoms with E-state index < -0.39 is 9.84 Å². The van der Waals surface area contributed by atoms with Gasteiger partial charge >= 0.3 is 0 Å². The van der Waals surface area contributed by atoms with Gasteiger partial charge in [0.05, 0.1) is 16.7 Å². The molecule has 0 aliphatic carbocycles. The van der Waals surface area contributed by atoms with Gasteiger partial charge in [-0.25, -0.2) is 13.4 Å². The van der Waals surface area contributed by atoms with E-state index in [1.165, 1.54) is 0 Å². The molecule has 7 heteroatoms. The zero-order valence-corrected chi connectivity index (χ0v) is 15.3. The Bertz CT molecular complexity index is 1190. The fourth-order valence-corrected chi connectivity index (χ4v) is 4.16. The minimum absolute atomic E-state index is 0.0279. The topological polar surface area (TPSA) is 80.6 Å². The second-order valence-corrected chi connectivity index (χ2v) is 8.20. The standard InChI is InChI=1S/C19H18N4O2S/c1-13-7-8-20-18(14(13)2)12-26(24,25)19-21-16-6-5-15(11-17(16)22-19)23-9-3-4-10-23/h3-11H,12H2,1-2H3,(H,21,22). The van der Waals surface area contributed by atoms with Gasteiger partial charge in [0.1, 0.15) is 5.75 Å². The number of H-pyrrole nitrogens is 1. The fourth-order valence-electron chi connectivity index (χ4n) is 2.87. The Balaban J connectivity index is 1.72. The molecule has 0 spiro atoms. The minimum atomic E-state index is -3.62. The molecule has 0 amide bonds. The molecule has 0 aliphatic rings. The molecule has 0 saturated carbocycles. The summed E-state index contributed by atoms with van der Waals surface area (Å²) in [5.41, 5.74) is 4.70. The van der Waals surface area contributed by atoms with Crippen LogP contribution < -0.4 is 0 Å². The van der Waals surface area contributed by atoms with Crippen molar-refractivity contribution in [3.63, 3.8) is 0 Å². The number of imidazole rings is 1. The van der Waals surface area contributed by atoms with Crippen LogP contribution in [0.4, 0.5) is 0 Å². The molecule has 3 aromatic heterocycles. The second kappa shape index (κ2) is 6.10. The van der Waals surface area contributed by atoms with Crippen LogP contribution in [-0.2, 0) is 15.6 Å². The van der Waals surface area contributed by atoms with E-state index in [1.807, 2.05) is 67.2 Å². The summed E-state index contributed by atoms with van der Waals surface area (Å²) in [6.45, 7) is 3.83. The molecule has 4 rings (SSSR count). The monoisotopic (exact) mass is 366 g/mol. The maximum atomic E-state index is 12.8. The van der Waals surface area contributed by atoms with E-state index in [4.69, 9.17) is 0 Å². The van der Waals surface area contributed by atoms with Crippen LogP contribution in [0.2, 0.25) is 0 Å². The summed E-state index contributed by atoms with van der Waals surface area (Å²) < 4.78 is 27.6. The highest BCUT2D eigenvalue weighted by Crippen LogP contribution is 2.22. The molecule has 6 nitrogen and oxygen atoms in total. The molecular formula is C19H18N4O2S. The smallest absolute Gasteiger partial charge is 0.226 e. The van der Waals surface area contributed by atoms with Crippen molar-refractivity contribution >= 4 is 20.9 Å². The molecule has 132 valence electrons. The summed E-state index contributed by atoms with van der Waals surface area (Å²) in [6.07, 6.45) is 5.50. The van der Waals surface area contributed by atoms with Gasteiger partial charge in [0.2, 0.25) is 15.0 Å². The first-order valence-electron chi connectivity index (χ1n) is 8.21. The van der Waals surface area contributed by atoms with Gasteiger partial charge in [0.15, 0.2) is 0 Å². The van der Waals surface area contributed by atoms with Gasteiger partial charge in [-0.05, 0) is 61.4 Å². The van der Waals surface area contributed by atoms with Crippen LogP contribution >= 0.6 is 0 Å². The number of nitrogens with zero attached hydrogens (tertiary/aromatic N) is 3. The Labute approximate surface area is 151 Å². The van der Waals surface area contributed by atoms with E-state index >= 15 is 0 Å². The van der Waals surface area contributed by atoms with Gasteiger partial charge < -0.3 is 9.55 Å². The summed E-state index contributed by atoms with van der Waals surface area (Å²) in [5, 5.41) is -0.0279. The van der Waals surface area contributed by atoms with Crippen LogP contribution in [0.25, 0.3) is 16.7 Å². The first-order valence-corrected chi connectivity index (χ1v) is 9.86. The third-order valence-electron chi connectivity index (χ3n) is 4.55. The third-order valence-corrected chi connectivity index (χ3v) is 5.98. The highest BCUT2D eigenvalue weighted by atomic mass is 32.2. The molecule has 0 unspecified atom stereocenters. The van der Waals surface area contributed by atoms with Crippen molar-refractivity contribution in [1.82, 2.24) is 19.5 Å². The van der Waals surface area contributed by atoms with Gasteiger partial charge in [-0.3, -0.25) is 4.98 Å². The average Bonchev–Trinajstić information content (AvgIpc) is 3.27. The normalized spacial score (nSPS) is 11.9. The molecule has 0 aliphatic heterocycles. The third kappa shape index (κ3) is 2.90. The average molecular weight is 366 g/mol. The van der Waals surface area contributed by atoms with Gasteiger partial charge in [0.25, 0.3) is 0 Å². The number of hydrogen-bond acceptors (Lipinski definition) is 4. The molecule has 0 bridgehead atoms. The largest absolute Gasteiger partial charge is 0.329 e. The van der Waals surface area contributed by atoms with E-state index in [0.29, 0.717) is 16.7 Å². The second-order valence-electron chi connectivity index (χ2n) is 6.29. The first-order chi connectivity index (χ1) is 12.4. The number of nitrogens with one attached hydrogen (secondary N) is 1. The maximum Gasteiger partial charge on any atom is 0.226 e. The Morgan fingerprint density at radius 2 is 1.88 bits per heavy atom. The van der Waals surface area contributed by atoms with Crippen LogP contribution in [0.15, 0.2) is 60.1 Å². The van der Waals surface area contributed by atoms with Crippen LogP contribution in [0.1, 0.15) is 16.8 Å². The molecule has 0 atom stereocenters. The molecule has 1 N–H and O–H groups in total. The molecule has 0 saturated heterocycles. The quantitative estimate of drug-likeness (QED) is 0.601. The lowest BCUT2D eigenvalue weighted by Gasteiger charge is -2.06. The van der Waals surface area contributed by atoms with E-state index in [2.05, 4.69) is 15.0 Å². The van der Waals surface area contributed by atoms with Gasteiger partial charge in [-0.2, -0.15) is 0 Å². The lowest BCUT2D eigenvalue weighted by atomic mass is 10.1. The summed E-state index contributed by atoms with van der Waals surface area (Å²) in [7, 11) is -3.62. The van der Waals surface area contributed by atoms with Crippen LogP contribution in [-0.4, -0.2) is 27.9 Å². The van der Waals surface area contributed by atoms with Crippen molar-refractivity contribution < 1.29 is 8.42 Å². The molecule has 0 fully saturated rings. The van der Waals surface area contributed by atoms with Crippen LogP contribution in [0, 0.1) is 13.8 Å². The SMILES string of the molecule is Cc1ccnc(CS(=O)(=O)c2nc3ccc(-n4cccc4)cc3[nH]2)c1C. The predicted molar refractivity (Wildman–Crippen MR) is 100 cm³/mol. The number of fused-ring (bicyclic) bond motifs is 1. The molecule has 26 heavy (non-hydrogen) atoms. The summed E-state index contributed by atoms with van der Waals surface area (Å²) >= 11 is 0. The van der Waals surface area contributed by atoms with Gasteiger partial charge in [-0.15, -0.1) is 0 Å². The maximum absolute atomic E-state index is 12.8. The Kier molecular flexibility index (Phi) is 3.88. The summed E-state index contributed by atoms with van der Waals surface area (Å²) in [4.78, 5) is 11.5. The highest BCUT2D eigenvalue weighted by Gasteiger charge is 2.22. The number of benzene rings is 1. The lowest BCUT2D eigenvalue weighted by Crippen LogP contribution is -2.10. The zero-order chi connectivity index (χ0) is 18.3. The van der Waals surface area contributed by atoms with Crippen molar-refractivity contribution in [3.05, 3.63) is 71.8 Å². The molecular weight excluding hydrogens is 348 g/mol. The molecule has 3 heterocycles. The van der Waals surface area contributed by atoms with E-state index in [0.717, 1.165) is 16.8 Å². The van der Waals surface area contributed by atoms with Crippen molar-refractivity contribution in [2.45, 2.75) is 24.8 Å². The van der Waals surface area contributed by atoms with E-state index in [9.17, 15) is 8.42 Å². The summed E-state index contributed by atoms with van der Waals surface area (Å²) in [6, 6.07) is 11.4. The summed E-state index contributed by atoms with van der Waals surface area (Å²) in [5.74, 6) is -0.176. The molecule has 1 aromatic carbocycles. The molecule has 0 radical (unpaired) electrons. The predicted octanol–water partition coefficient (Wildman–Crippen LogP) is 3.34. The van der Waals surface area contributed by atoms with Gasteiger partial charge in [-0.1, -0.05) is 0 Å². The number of aromatic amines is 1. The Morgan fingerprint density at radius 3 is 2.65 bits per heavy atom. The number of aromatic nitrogens is 4. The Hall–Kier alpha value is -2.93. The number of rotatable bonds is 4. The molecule has 4 aromatic rings. The Morgan fingerprint density at radius 1 is 1.12 bits per heavy atom.